The molecular formula is C29H26ClNO4. The Kier molecular flexibility index (Phi) is 6.46. The van der Waals surface area contributed by atoms with Gasteiger partial charge in [0.15, 0.2) is 5.76 Å². The predicted molar refractivity (Wildman–Crippen MR) is 135 cm³/mol. The maximum absolute atomic E-state index is 11.6. The molecule has 1 fully saturated rings. The lowest BCUT2D eigenvalue weighted by Crippen LogP contribution is -2.19. The molecular weight excluding hydrogens is 462 g/mol. The first kappa shape index (κ1) is 23.3. The first-order valence-electron chi connectivity index (χ1n) is 11.7. The Hall–Kier alpha value is -3.41. The summed E-state index contributed by atoms with van der Waals surface area (Å²) in [4.78, 5) is 11.6. The number of carbonyl (C=O) groups is 1. The van der Waals surface area contributed by atoms with E-state index in [0.29, 0.717) is 37.5 Å². The zero-order valence-corrected chi connectivity index (χ0v) is 20.2. The topological polar surface area (TPSA) is 72.6 Å². The Morgan fingerprint density at radius 2 is 1.57 bits per heavy atom. The summed E-state index contributed by atoms with van der Waals surface area (Å²) >= 11 is 5.94. The third-order valence-electron chi connectivity index (χ3n) is 6.74. The van der Waals surface area contributed by atoms with Gasteiger partial charge in [-0.25, -0.2) is 0 Å². The van der Waals surface area contributed by atoms with Crippen molar-refractivity contribution in [1.82, 2.24) is 5.16 Å². The molecule has 0 radical (unpaired) electrons. The van der Waals surface area contributed by atoms with Gasteiger partial charge in [0.1, 0.15) is 0 Å². The van der Waals surface area contributed by atoms with Crippen molar-refractivity contribution in [2.24, 2.45) is 0 Å². The Balaban J connectivity index is 1.25. The monoisotopic (exact) mass is 487 g/mol. The molecule has 6 heteroatoms. The van der Waals surface area contributed by atoms with Crippen LogP contribution in [-0.2, 0) is 28.0 Å². The fourth-order valence-corrected chi connectivity index (χ4v) is 4.53. The zero-order chi connectivity index (χ0) is 24.4. The molecule has 0 amide bonds. The number of carboxylic acid groups (broad SMARTS) is 1. The van der Waals surface area contributed by atoms with Crippen molar-refractivity contribution in [3.8, 4) is 22.5 Å². The minimum Gasteiger partial charge on any atom is -0.481 e. The number of aromatic nitrogens is 1. The number of benzene rings is 3. The van der Waals surface area contributed by atoms with Crippen molar-refractivity contribution in [3.05, 3.63) is 100 Å². The smallest absolute Gasteiger partial charge is 0.314 e. The van der Waals surface area contributed by atoms with Crippen LogP contribution in [0.3, 0.4) is 0 Å². The molecule has 0 aliphatic heterocycles. The van der Waals surface area contributed by atoms with Gasteiger partial charge in [-0.15, -0.1) is 0 Å². The highest BCUT2D eigenvalue weighted by atomic mass is 35.5. The lowest BCUT2D eigenvalue weighted by molar-refractivity contribution is -0.140. The van der Waals surface area contributed by atoms with Crippen LogP contribution in [0.2, 0.25) is 5.02 Å². The third-order valence-corrected chi connectivity index (χ3v) is 6.99. The maximum atomic E-state index is 11.6. The zero-order valence-electron chi connectivity index (χ0n) is 19.5. The number of aryl methyl sites for hydroxylation is 1. The normalized spacial score (nSPS) is 14.1. The number of ether oxygens (including phenoxy) is 1. The molecule has 4 aromatic rings. The summed E-state index contributed by atoms with van der Waals surface area (Å²) in [5, 5.41) is 14.4. The van der Waals surface area contributed by atoms with E-state index in [1.807, 2.05) is 79.7 Å². The summed E-state index contributed by atoms with van der Waals surface area (Å²) in [6.45, 7) is 3.03. The quantitative estimate of drug-likeness (QED) is 0.261. The Morgan fingerprint density at radius 1 is 0.971 bits per heavy atom. The van der Waals surface area contributed by atoms with Gasteiger partial charge < -0.3 is 14.4 Å². The second-order valence-electron chi connectivity index (χ2n) is 9.05. The number of hydrogen-bond acceptors (Lipinski definition) is 4. The van der Waals surface area contributed by atoms with Crippen LogP contribution < -0.4 is 0 Å². The molecule has 0 saturated heterocycles. The van der Waals surface area contributed by atoms with Gasteiger partial charge in [0.2, 0.25) is 0 Å². The first-order chi connectivity index (χ1) is 17.0. The average molecular weight is 488 g/mol. The van der Waals surface area contributed by atoms with E-state index in [-0.39, 0.29) is 0 Å². The number of aliphatic carboxylic acids is 1. The maximum Gasteiger partial charge on any atom is 0.314 e. The summed E-state index contributed by atoms with van der Waals surface area (Å²) in [5.74, 6) is 0.0276. The molecule has 0 unspecified atom stereocenters. The molecule has 1 aliphatic rings. The minimum atomic E-state index is -0.733. The third kappa shape index (κ3) is 4.88. The number of hydrogen-bond donors (Lipinski definition) is 1. The molecule has 1 N–H and O–H groups in total. The highest BCUT2D eigenvalue weighted by Gasteiger charge is 2.51. The van der Waals surface area contributed by atoms with Crippen LogP contribution in [0.1, 0.15) is 35.2 Å². The molecule has 0 atom stereocenters. The summed E-state index contributed by atoms with van der Waals surface area (Å²) in [6.07, 6.45) is 2.12. The molecule has 1 aliphatic carbocycles. The summed E-state index contributed by atoms with van der Waals surface area (Å²) in [6, 6.07) is 23.7. The van der Waals surface area contributed by atoms with Gasteiger partial charge in [-0.05, 0) is 54.2 Å². The van der Waals surface area contributed by atoms with Gasteiger partial charge in [-0.3, -0.25) is 4.79 Å². The molecule has 178 valence electrons. The largest absolute Gasteiger partial charge is 0.481 e. The second kappa shape index (κ2) is 9.68. The molecule has 1 saturated carbocycles. The van der Waals surface area contributed by atoms with Crippen molar-refractivity contribution in [1.29, 1.82) is 0 Å². The van der Waals surface area contributed by atoms with Crippen LogP contribution in [0.15, 0.2) is 77.3 Å². The van der Waals surface area contributed by atoms with Gasteiger partial charge in [0.25, 0.3) is 0 Å². The molecule has 3 aromatic carbocycles. The first-order valence-corrected chi connectivity index (χ1v) is 12.1. The van der Waals surface area contributed by atoms with Crippen molar-refractivity contribution in [2.75, 3.05) is 6.61 Å². The Labute approximate surface area is 209 Å². The van der Waals surface area contributed by atoms with E-state index in [0.717, 1.165) is 44.8 Å². The second-order valence-corrected chi connectivity index (χ2v) is 9.48. The van der Waals surface area contributed by atoms with E-state index in [1.165, 1.54) is 0 Å². The van der Waals surface area contributed by atoms with Crippen LogP contribution in [0.25, 0.3) is 22.5 Å². The van der Waals surface area contributed by atoms with Gasteiger partial charge in [-0.1, -0.05) is 77.4 Å². The lowest BCUT2D eigenvalue weighted by atomic mass is 9.93. The van der Waals surface area contributed by atoms with Gasteiger partial charge in [0.05, 0.1) is 24.3 Å². The van der Waals surface area contributed by atoms with Crippen molar-refractivity contribution in [3.63, 3.8) is 0 Å². The molecule has 5 rings (SSSR count). The minimum absolute atomic E-state index is 0.526. The van der Waals surface area contributed by atoms with Gasteiger partial charge in [0, 0.05) is 22.6 Å². The number of rotatable bonds is 9. The average Bonchev–Trinajstić information content (AvgIpc) is 3.62. The highest BCUT2D eigenvalue weighted by Crippen LogP contribution is 2.48. The molecule has 35 heavy (non-hydrogen) atoms. The van der Waals surface area contributed by atoms with Gasteiger partial charge in [-0.2, -0.15) is 0 Å². The molecule has 5 nitrogen and oxygen atoms in total. The fourth-order valence-electron chi connectivity index (χ4n) is 4.40. The van der Waals surface area contributed by atoms with Crippen LogP contribution in [-0.4, -0.2) is 22.8 Å². The SMILES string of the molecule is Cc1noc(-c2ccc(-c3ccc(C4(C(=O)O)CC4)cc3)cc2)c1CCOCc1ccc(Cl)cc1. The van der Waals surface area contributed by atoms with Crippen molar-refractivity contribution in [2.45, 2.75) is 38.2 Å². The molecule has 0 bridgehead atoms. The van der Waals surface area contributed by atoms with E-state index in [1.54, 1.807) is 0 Å². The van der Waals surface area contributed by atoms with E-state index >= 15 is 0 Å². The molecule has 1 heterocycles. The standard InChI is InChI=1S/C29H26ClNO4/c1-19-26(14-17-34-18-20-2-12-25(30)13-3-20)27(35-31-19)23-6-4-21(5-7-23)22-8-10-24(11-9-22)29(15-16-29)28(32)33/h2-13H,14-18H2,1H3,(H,32,33). The van der Waals surface area contributed by atoms with E-state index in [2.05, 4.69) is 5.16 Å². The van der Waals surface area contributed by atoms with Crippen molar-refractivity contribution >= 4 is 17.6 Å². The Morgan fingerprint density at radius 3 is 2.17 bits per heavy atom. The molecule has 0 spiro atoms. The van der Waals surface area contributed by atoms with Crippen LogP contribution in [0.4, 0.5) is 0 Å². The number of halogens is 1. The van der Waals surface area contributed by atoms with Gasteiger partial charge >= 0.3 is 5.97 Å². The summed E-state index contributed by atoms with van der Waals surface area (Å²) in [7, 11) is 0. The van der Waals surface area contributed by atoms with Crippen LogP contribution >= 0.6 is 11.6 Å². The predicted octanol–water partition coefficient (Wildman–Crippen LogP) is 6.85. The number of carboxylic acids is 1. The number of nitrogens with zero attached hydrogens (tertiary/aromatic N) is 1. The lowest BCUT2D eigenvalue weighted by Gasteiger charge is -2.11. The Bertz CT molecular complexity index is 1320. The van der Waals surface area contributed by atoms with E-state index in [9.17, 15) is 9.90 Å². The fraction of sp³-hybridized carbons (Fsp3) is 0.241. The summed E-state index contributed by atoms with van der Waals surface area (Å²) in [5.41, 5.74) is 6.25. The molecule has 1 aromatic heterocycles. The van der Waals surface area contributed by atoms with Crippen LogP contribution in [0, 0.1) is 6.92 Å². The summed E-state index contributed by atoms with van der Waals surface area (Å²) < 4.78 is 11.5. The van der Waals surface area contributed by atoms with Crippen molar-refractivity contribution < 1.29 is 19.2 Å². The van der Waals surface area contributed by atoms with Crippen LogP contribution in [0.5, 0.6) is 0 Å². The highest BCUT2D eigenvalue weighted by molar-refractivity contribution is 6.30. The van der Waals surface area contributed by atoms with E-state index < -0.39 is 11.4 Å². The van der Waals surface area contributed by atoms with E-state index in [4.69, 9.17) is 20.9 Å².